The van der Waals surface area contributed by atoms with E-state index in [0.29, 0.717) is 24.2 Å². The summed E-state index contributed by atoms with van der Waals surface area (Å²) in [6, 6.07) is 3.28. The quantitative estimate of drug-likeness (QED) is 0.690. The third-order valence-electron chi connectivity index (χ3n) is 2.09. The van der Waals surface area contributed by atoms with Crippen LogP contribution in [0.1, 0.15) is 12.0 Å². The van der Waals surface area contributed by atoms with Crippen LogP contribution in [0.3, 0.4) is 0 Å². The number of hydrogen-bond acceptors (Lipinski definition) is 3. The number of ether oxygens (including phenoxy) is 2. The Bertz CT molecular complexity index is 363. The van der Waals surface area contributed by atoms with Gasteiger partial charge in [0, 0.05) is 6.42 Å². The van der Waals surface area contributed by atoms with Gasteiger partial charge < -0.3 is 14.3 Å². The van der Waals surface area contributed by atoms with Crippen LogP contribution in [0, 0.1) is 5.82 Å². The van der Waals surface area contributed by atoms with E-state index in [1.807, 2.05) is 0 Å². The van der Waals surface area contributed by atoms with Gasteiger partial charge in [0.25, 0.3) is 0 Å². The van der Waals surface area contributed by atoms with Crippen LogP contribution in [0.15, 0.2) is 12.1 Å². The third-order valence-corrected chi connectivity index (χ3v) is 2.09. The van der Waals surface area contributed by atoms with Crippen molar-refractivity contribution in [2.75, 3.05) is 6.79 Å². The average Bonchev–Trinajstić information content (AvgIpc) is 2.66. The highest BCUT2D eigenvalue weighted by atomic mass is 19.1. The molecule has 2 rings (SSSR count). The van der Waals surface area contributed by atoms with Gasteiger partial charge >= 0.3 is 0 Å². The molecule has 1 aromatic carbocycles. The van der Waals surface area contributed by atoms with Gasteiger partial charge in [-0.15, -0.1) is 0 Å². The molecule has 1 aliphatic rings. The molecule has 0 radical (unpaired) electrons. The summed E-state index contributed by atoms with van der Waals surface area (Å²) >= 11 is 0. The molecule has 0 saturated heterocycles. The summed E-state index contributed by atoms with van der Waals surface area (Å²) < 4.78 is 23.5. The molecule has 0 aromatic heterocycles. The summed E-state index contributed by atoms with van der Waals surface area (Å²) in [6.07, 6.45) is 1.48. The topological polar surface area (TPSA) is 35.5 Å². The van der Waals surface area contributed by atoms with E-state index in [1.165, 1.54) is 0 Å². The standard InChI is InChI=1S/C10H9FO3/c11-9-7(2-1-5-12)3-4-8-10(9)14-6-13-8/h3-5H,1-2,6H2. The van der Waals surface area contributed by atoms with Crippen molar-refractivity contribution in [3.8, 4) is 11.5 Å². The summed E-state index contributed by atoms with van der Waals surface area (Å²) in [4.78, 5) is 10.1. The molecule has 1 aromatic rings. The van der Waals surface area contributed by atoms with Gasteiger partial charge in [0.1, 0.15) is 6.29 Å². The zero-order valence-electron chi connectivity index (χ0n) is 7.46. The van der Waals surface area contributed by atoms with Crippen molar-refractivity contribution in [1.29, 1.82) is 0 Å². The molecule has 0 amide bonds. The van der Waals surface area contributed by atoms with E-state index in [2.05, 4.69) is 0 Å². The Morgan fingerprint density at radius 1 is 1.43 bits per heavy atom. The third kappa shape index (κ3) is 1.43. The van der Waals surface area contributed by atoms with Crippen LogP contribution >= 0.6 is 0 Å². The predicted octanol–water partition coefficient (Wildman–Crippen LogP) is 1.69. The van der Waals surface area contributed by atoms with Crippen LogP contribution in [0.2, 0.25) is 0 Å². The first-order chi connectivity index (χ1) is 6.83. The van der Waals surface area contributed by atoms with E-state index in [9.17, 15) is 9.18 Å². The van der Waals surface area contributed by atoms with Gasteiger partial charge in [-0.05, 0) is 18.1 Å². The molecule has 0 N–H and O–H groups in total. The minimum absolute atomic E-state index is 0.0589. The van der Waals surface area contributed by atoms with Gasteiger partial charge in [0.15, 0.2) is 11.6 Å². The Kier molecular flexibility index (Phi) is 2.35. The Morgan fingerprint density at radius 3 is 3.07 bits per heavy atom. The van der Waals surface area contributed by atoms with Crippen molar-refractivity contribution in [3.05, 3.63) is 23.5 Å². The van der Waals surface area contributed by atoms with Gasteiger partial charge in [-0.25, -0.2) is 4.39 Å². The Labute approximate surface area is 80.4 Å². The fourth-order valence-electron chi connectivity index (χ4n) is 1.39. The van der Waals surface area contributed by atoms with Crippen molar-refractivity contribution in [3.63, 3.8) is 0 Å². The molecule has 0 atom stereocenters. The van der Waals surface area contributed by atoms with E-state index in [4.69, 9.17) is 9.47 Å². The first-order valence-electron chi connectivity index (χ1n) is 4.33. The average molecular weight is 196 g/mol. The van der Waals surface area contributed by atoms with E-state index in [-0.39, 0.29) is 12.5 Å². The lowest BCUT2D eigenvalue weighted by atomic mass is 10.1. The zero-order chi connectivity index (χ0) is 9.97. The molecule has 1 aliphatic heterocycles. The fraction of sp³-hybridized carbons (Fsp3) is 0.300. The normalized spacial score (nSPS) is 12.9. The minimum Gasteiger partial charge on any atom is -0.453 e. The summed E-state index contributed by atoms with van der Waals surface area (Å²) in [5.41, 5.74) is 0.487. The second-order valence-electron chi connectivity index (χ2n) is 2.98. The largest absolute Gasteiger partial charge is 0.453 e. The number of rotatable bonds is 3. The Balaban J connectivity index is 2.30. The number of hydrogen-bond donors (Lipinski definition) is 0. The summed E-state index contributed by atoms with van der Waals surface area (Å²) in [5.74, 6) is 0.174. The number of fused-ring (bicyclic) bond motifs is 1. The van der Waals surface area contributed by atoms with Crippen molar-refractivity contribution in [2.24, 2.45) is 0 Å². The Morgan fingerprint density at radius 2 is 2.29 bits per heavy atom. The van der Waals surface area contributed by atoms with Crippen LogP contribution in [0.4, 0.5) is 4.39 Å². The summed E-state index contributed by atoms with van der Waals surface area (Å²) in [7, 11) is 0. The van der Waals surface area contributed by atoms with E-state index >= 15 is 0 Å². The van der Waals surface area contributed by atoms with Crippen LogP contribution in [0.5, 0.6) is 11.5 Å². The monoisotopic (exact) mass is 196 g/mol. The van der Waals surface area contributed by atoms with E-state index in [1.54, 1.807) is 12.1 Å². The number of carbonyl (C=O) groups excluding carboxylic acids is 1. The van der Waals surface area contributed by atoms with Crippen molar-refractivity contribution in [2.45, 2.75) is 12.8 Å². The van der Waals surface area contributed by atoms with Crippen molar-refractivity contribution in [1.82, 2.24) is 0 Å². The molecule has 0 unspecified atom stereocenters. The first kappa shape index (κ1) is 8.99. The van der Waals surface area contributed by atoms with E-state index in [0.717, 1.165) is 6.29 Å². The highest BCUT2D eigenvalue weighted by Crippen LogP contribution is 2.36. The molecule has 74 valence electrons. The number of aryl methyl sites for hydroxylation is 1. The maximum atomic E-state index is 13.6. The molecule has 0 saturated carbocycles. The van der Waals surface area contributed by atoms with Crippen LogP contribution in [-0.4, -0.2) is 13.1 Å². The maximum Gasteiger partial charge on any atom is 0.231 e. The first-order valence-corrected chi connectivity index (χ1v) is 4.33. The molecule has 14 heavy (non-hydrogen) atoms. The summed E-state index contributed by atoms with van der Waals surface area (Å²) in [6.45, 7) is 0.0589. The number of benzene rings is 1. The minimum atomic E-state index is -0.415. The van der Waals surface area contributed by atoms with Crippen LogP contribution in [-0.2, 0) is 11.2 Å². The molecule has 0 aliphatic carbocycles. The van der Waals surface area contributed by atoms with E-state index < -0.39 is 5.82 Å². The zero-order valence-corrected chi connectivity index (χ0v) is 7.46. The molecular formula is C10H9FO3. The predicted molar refractivity (Wildman–Crippen MR) is 46.9 cm³/mol. The molecular weight excluding hydrogens is 187 g/mol. The molecule has 4 heteroatoms. The SMILES string of the molecule is O=CCCc1ccc2c(c1F)OCO2. The molecule has 1 heterocycles. The van der Waals surface area contributed by atoms with Gasteiger partial charge in [-0.2, -0.15) is 0 Å². The van der Waals surface area contributed by atoms with Crippen LogP contribution < -0.4 is 9.47 Å². The van der Waals surface area contributed by atoms with Gasteiger partial charge in [0.05, 0.1) is 0 Å². The second-order valence-corrected chi connectivity index (χ2v) is 2.98. The summed E-state index contributed by atoms with van der Waals surface area (Å²) in [5, 5.41) is 0. The highest BCUT2D eigenvalue weighted by molar-refractivity contribution is 5.51. The number of carbonyl (C=O) groups is 1. The van der Waals surface area contributed by atoms with Gasteiger partial charge in [-0.3, -0.25) is 0 Å². The van der Waals surface area contributed by atoms with Gasteiger partial charge in [0.2, 0.25) is 12.5 Å². The van der Waals surface area contributed by atoms with Crippen molar-refractivity contribution < 1.29 is 18.7 Å². The fourth-order valence-corrected chi connectivity index (χ4v) is 1.39. The lowest BCUT2D eigenvalue weighted by molar-refractivity contribution is -0.107. The maximum absolute atomic E-state index is 13.6. The number of halogens is 1. The van der Waals surface area contributed by atoms with Crippen molar-refractivity contribution >= 4 is 6.29 Å². The number of aldehydes is 1. The smallest absolute Gasteiger partial charge is 0.231 e. The Hall–Kier alpha value is -1.58. The molecule has 0 bridgehead atoms. The lowest BCUT2D eigenvalue weighted by Crippen LogP contribution is -1.95. The second kappa shape index (κ2) is 3.65. The highest BCUT2D eigenvalue weighted by Gasteiger charge is 2.20. The lowest BCUT2D eigenvalue weighted by Gasteiger charge is -2.03. The van der Waals surface area contributed by atoms with Crippen LogP contribution in [0.25, 0.3) is 0 Å². The molecule has 0 spiro atoms. The molecule has 0 fully saturated rings. The van der Waals surface area contributed by atoms with Gasteiger partial charge in [-0.1, -0.05) is 6.07 Å². The molecule has 3 nitrogen and oxygen atoms in total.